The second kappa shape index (κ2) is 27.1. The minimum atomic E-state index is -0.194. The number of aliphatic hydroxyl groups is 1. The fraction of sp³-hybridized carbons (Fsp3) is 0.627. The number of unbranched alkanes of at least 4 members (excludes halogenated alkanes) is 2. The summed E-state index contributed by atoms with van der Waals surface area (Å²) in [6.45, 7) is 36.2. The number of methoxy groups -OCH3 is 1. The Bertz CT molecular complexity index is 1620. The van der Waals surface area contributed by atoms with E-state index in [1.807, 2.05) is 31.3 Å². The summed E-state index contributed by atoms with van der Waals surface area (Å²) < 4.78 is 17.6. The highest BCUT2D eigenvalue weighted by Crippen LogP contribution is 2.34. The predicted molar refractivity (Wildman–Crippen MR) is 246 cm³/mol. The number of hydrogen-bond acceptors (Lipinski definition) is 7. The van der Waals surface area contributed by atoms with Gasteiger partial charge in [0.1, 0.15) is 5.75 Å². The van der Waals surface area contributed by atoms with E-state index in [1.165, 1.54) is 11.1 Å². The standard InChI is InChI=1S/C35H49NO5.C16H32O/c1-10-24(5)17-29(23(3)4)22-36-32-21-33(28(11-2)19-31(32)27(8)38)40-15-13-12-14-16-41-35-18-25(6)30(26(7)37)20-34(35)39-9;1-8-12(5)10-15(9-2)16(17)14(7)13(6)11(3)4/h18-23,29H,5,10-17H2,1-4,6-9H3;11,13-17H,5,8-10H2,1-4,6-7H3. The molecule has 5 atom stereocenters. The Kier molecular flexibility index (Phi) is 24.5. The third-order valence-corrected chi connectivity index (χ3v) is 11.9. The molecule has 0 amide bonds. The molecule has 0 saturated heterocycles. The Balaban J connectivity index is 0.000000830. The van der Waals surface area contributed by atoms with Crippen molar-refractivity contribution in [3.05, 3.63) is 70.8 Å². The second-order valence-electron chi connectivity index (χ2n) is 16.9. The summed E-state index contributed by atoms with van der Waals surface area (Å²) in [5.41, 5.74) is 6.28. The van der Waals surface area contributed by atoms with Gasteiger partial charge in [0.15, 0.2) is 23.1 Å². The molecule has 0 bridgehead atoms. The van der Waals surface area contributed by atoms with Gasteiger partial charge in [-0.2, -0.15) is 0 Å². The summed E-state index contributed by atoms with van der Waals surface area (Å²) in [5.74, 6) is 4.62. The lowest BCUT2D eigenvalue weighted by Crippen LogP contribution is -2.33. The van der Waals surface area contributed by atoms with Gasteiger partial charge in [-0.1, -0.05) is 100.0 Å². The van der Waals surface area contributed by atoms with E-state index >= 15 is 0 Å². The Labute approximate surface area is 354 Å². The molecular weight excluding hydrogens is 723 g/mol. The number of aliphatic hydroxyl groups excluding tert-OH is 1. The van der Waals surface area contributed by atoms with Gasteiger partial charge in [-0.25, -0.2) is 0 Å². The zero-order valence-electron chi connectivity index (χ0n) is 39.1. The minimum Gasteiger partial charge on any atom is -0.493 e. The van der Waals surface area contributed by atoms with Gasteiger partial charge < -0.3 is 19.3 Å². The van der Waals surface area contributed by atoms with Crippen LogP contribution >= 0.6 is 0 Å². The molecule has 0 aliphatic rings. The van der Waals surface area contributed by atoms with Crippen LogP contribution in [0.5, 0.6) is 17.2 Å². The third-order valence-electron chi connectivity index (χ3n) is 11.9. The van der Waals surface area contributed by atoms with Crippen LogP contribution in [-0.4, -0.2) is 49.3 Å². The van der Waals surface area contributed by atoms with Crippen LogP contribution < -0.4 is 14.2 Å². The van der Waals surface area contributed by atoms with E-state index in [-0.39, 0.29) is 23.6 Å². The molecule has 0 spiro atoms. The molecule has 0 fully saturated rings. The highest BCUT2D eigenvalue weighted by atomic mass is 16.5. The van der Waals surface area contributed by atoms with Crippen molar-refractivity contribution in [1.29, 1.82) is 0 Å². The minimum absolute atomic E-state index is 0.000206. The van der Waals surface area contributed by atoms with Gasteiger partial charge in [0.2, 0.25) is 0 Å². The molecule has 5 unspecified atom stereocenters. The number of hydrogen-bond donors (Lipinski definition) is 1. The van der Waals surface area contributed by atoms with Crippen LogP contribution in [0.15, 0.2) is 53.6 Å². The lowest BCUT2D eigenvalue weighted by molar-refractivity contribution is 0.0229. The third kappa shape index (κ3) is 17.3. The number of carbonyl (C=O) groups is 2. The molecule has 1 N–H and O–H groups in total. The van der Waals surface area contributed by atoms with Crippen molar-refractivity contribution in [2.45, 2.75) is 154 Å². The van der Waals surface area contributed by atoms with Crippen molar-refractivity contribution in [3.63, 3.8) is 0 Å². The normalized spacial score (nSPS) is 14.0. The second-order valence-corrected chi connectivity index (χ2v) is 16.9. The summed E-state index contributed by atoms with van der Waals surface area (Å²) in [6, 6.07) is 7.45. The van der Waals surface area contributed by atoms with Gasteiger partial charge in [-0.15, -0.1) is 0 Å². The molecule has 2 aromatic rings. The molecule has 326 valence electrons. The number of ketones is 2. The molecule has 2 aromatic carbocycles. The Morgan fingerprint density at radius 1 is 0.741 bits per heavy atom. The maximum atomic E-state index is 12.5. The van der Waals surface area contributed by atoms with E-state index in [2.05, 4.69) is 82.4 Å². The topological polar surface area (TPSA) is 94.4 Å². The maximum Gasteiger partial charge on any atom is 0.161 e. The maximum absolute atomic E-state index is 12.5. The van der Waals surface area contributed by atoms with Gasteiger partial charge in [-0.3, -0.25) is 14.6 Å². The first kappa shape index (κ1) is 52.3. The summed E-state index contributed by atoms with van der Waals surface area (Å²) in [6.07, 6.45) is 10.1. The Morgan fingerprint density at radius 2 is 1.31 bits per heavy atom. The quantitative estimate of drug-likeness (QED) is 0.0440. The molecule has 0 aliphatic carbocycles. The van der Waals surface area contributed by atoms with Crippen molar-refractivity contribution in [1.82, 2.24) is 0 Å². The van der Waals surface area contributed by atoms with Gasteiger partial charge in [0.05, 0.1) is 32.1 Å². The summed E-state index contributed by atoms with van der Waals surface area (Å²) in [5, 5.41) is 10.5. The fourth-order valence-electron chi connectivity index (χ4n) is 6.96. The zero-order valence-corrected chi connectivity index (χ0v) is 39.1. The monoisotopic (exact) mass is 804 g/mol. The van der Waals surface area contributed by atoms with Crippen LogP contribution in [-0.2, 0) is 6.42 Å². The number of aryl methyl sites for hydroxylation is 2. The highest BCUT2D eigenvalue weighted by Gasteiger charge is 2.29. The van der Waals surface area contributed by atoms with Crippen molar-refractivity contribution < 1.29 is 28.9 Å². The first-order chi connectivity index (χ1) is 27.4. The number of allylic oxidation sites excluding steroid dienone is 2. The molecule has 0 saturated carbocycles. The average molecular weight is 804 g/mol. The van der Waals surface area contributed by atoms with Crippen molar-refractivity contribution >= 4 is 23.5 Å². The molecule has 58 heavy (non-hydrogen) atoms. The van der Waals surface area contributed by atoms with Crippen LogP contribution in [0, 0.1) is 42.4 Å². The van der Waals surface area contributed by atoms with Crippen molar-refractivity contribution in [2.24, 2.45) is 40.5 Å². The zero-order chi connectivity index (χ0) is 44.1. The smallest absolute Gasteiger partial charge is 0.161 e. The molecule has 7 nitrogen and oxygen atoms in total. The van der Waals surface area contributed by atoms with E-state index < -0.39 is 0 Å². The van der Waals surface area contributed by atoms with E-state index in [9.17, 15) is 14.7 Å². The van der Waals surface area contributed by atoms with Gasteiger partial charge in [-0.05, 0) is 131 Å². The summed E-state index contributed by atoms with van der Waals surface area (Å²) in [4.78, 5) is 29.1. The molecule has 0 heterocycles. The number of nitrogens with zero attached hydrogens (tertiary/aromatic N) is 1. The number of rotatable bonds is 26. The molecule has 0 radical (unpaired) electrons. The van der Waals surface area contributed by atoms with E-state index in [0.717, 1.165) is 74.7 Å². The SMILES string of the molecule is C=C(CC)CC(C=Nc1cc(OCCCCCOc2cc(C)c(C(C)=O)cc2OC)c(CC)cc1C(C)=O)C(C)C.C=C(CC)CC(CC)C(O)C(C)C(C)C(C)C. The predicted octanol–water partition coefficient (Wildman–Crippen LogP) is 13.6. The molecular formula is C51H81NO6. The van der Waals surface area contributed by atoms with Crippen LogP contribution in [0.25, 0.3) is 0 Å². The van der Waals surface area contributed by atoms with E-state index in [0.29, 0.717) is 71.1 Å². The lowest BCUT2D eigenvalue weighted by atomic mass is 9.76. The van der Waals surface area contributed by atoms with Crippen LogP contribution in [0.3, 0.4) is 0 Å². The fourth-order valence-corrected chi connectivity index (χ4v) is 6.96. The molecule has 2 rings (SSSR count). The van der Waals surface area contributed by atoms with Crippen LogP contribution in [0.4, 0.5) is 5.69 Å². The first-order valence-corrected chi connectivity index (χ1v) is 22.0. The number of benzene rings is 2. The Morgan fingerprint density at radius 3 is 1.79 bits per heavy atom. The Hall–Kier alpha value is -3.71. The van der Waals surface area contributed by atoms with Gasteiger partial charge in [0.25, 0.3) is 0 Å². The van der Waals surface area contributed by atoms with E-state index in [1.54, 1.807) is 27.0 Å². The number of ether oxygens (including phenoxy) is 3. The van der Waals surface area contributed by atoms with Gasteiger partial charge in [0, 0.05) is 29.3 Å². The van der Waals surface area contributed by atoms with Gasteiger partial charge >= 0.3 is 0 Å². The average Bonchev–Trinajstić information content (AvgIpc) is 3.19. The number of carbonyl (C=O) groups excluding carboxylic acids is 2. The summed E-state index contributed by atoms with van der Waals surface area (Å²) >= 11 is 0. The molecule has 0 aromatic heterocycles. The molecule has 7 heteroatoms. The van der Waals surface area contributed by atoms with E-state index in [4.69, 9.17) is 19.2 Å². The van der Waals surface area contributed by atoms with Crippen LogP contribution in [0.1, 0.15) is 166 Å². The number of Topliss-reactive ketones (excluding diaryl/α,β-unsaturated/α-hetero) is 2. The summed E-state index contributed by atoms with van der Waals surface area (Å²) in [7, 11) is 1.58. The lowest BCUT2D eigenvalue weighted by Gasteiger charge is -2.33. The van der Waals surface area contributed by atoms with Crippen molar-refractivity contribution in [2.75, 3.05) is 20.3 Å². The largest absolute Gasteiger partial charge is 0.493 e. The number of aliphatic imine (C=N–C) groups is 1. The molecule has 0 aliphatic heterocycles. The van der Waals surface area contributed by atoms with Crippen molar-refractivity contribution in [3.8, 4) is 17.2 Å². The first-order valence-electron chi connectivity index (χ1n) is 22.0. The van der Waals surface area contributed by atoms with Crippen LogP contribution in [0.2, 0.25) is 0 Å². The highest BCUT2D eigenvalue weighted by molar-refractivity contribution is 6.00.